The molecule has 0 aliphatic rings. The molecule has 0 bridgehead atoms. The van der Waals surface area contributed by atoms with Crippen LogP contribution in [0.1, 0.15) is 91.8 Å². The van der Waals surface area contributed by atoms with Gasteiger partial charge >= 0.3 is 12.1 Å². The van der Waals surface area contributed by atoms with E-state index in [1.807, 2.05) is 37.3 Å². The van der Waals surface area contributed by atoms with Gasteiger partial charge in [0.1, 0.15) is 35.1 Å². The number of nitrogens with one attached hydrogen (secondary N) is 2. The summed E-state index contributed by atoms with van der Waals surface area (Å²) in [5.74, 6) is -1.86. The molecule has 2 aromatic carbocycles. The van der Waals surface area contributed by atoms with Gasteiger partial charge in [-0.05, 0) is 78.1 Å². The lowest BCUT2D eigenvalue weighted by Crippen LogP contribution is -2.54. The molecule has 3 N–H and O–H groups in total. The zero-order valence-electron chi connectivity index (χ0n) is 27.3. The lowest BCUT2D eigenvalue weighted by atomic mass is 10.00. The van der Waals surface area contributed by atoms with Gasteiger partial charge in [0.25, 0.3) is 0 Å². The van der Waals surface area contributed by atoms with Gasteiger partial charge < -0.3 is 30.1 Å². The first-order valence-corrected chi connectivity index (χ1v) is 15.2. The van der Waals surface area contributed by atoms with Crippen molar-refractivity contribution in [3.8, 4) is 5.75 Å². The number of ether oxygens (including phenoxy) is 2. The molecule has 44 heavy (non-hydrogen) atoms. The maximum atomic E-state index is 14.2. The predicted molar refractivity (Wildman–Crippen MR) is 169 cm³/mol. The maximum Gasteiger partial charge on any atom is 0.408 e. The highest BCUT2D eigenvalue weighted by Crippen LogP contribution is 2.27. The van der Waals surface area contributed by atoms with E-state index in [0.29, 0.717) is 12.0 Å². The molecule has 0 saturated heterocycles. The van der Waals surface area contributed by atoms with Crippen LogP contribution in [0.5, 0.6) is 5.75 Å². The highest BCUT2D eigenvalue weighted by Gasteiger charge is 2.37. The Morgan fingerprint density at radius 3 is 2.07 bits per heavy atom. The summed E-state index contributed by atoms with van der Waals surface area (Å²) >= 11 is 0. The molecule has 0 aliphatic heterocycles. The number of amides is 3. The minimum absolute atomic E-state index is 0.0887. The number of alkyl carbamates (subject to hydrolysis) is 1. The molecule has 2 rings (SSSR count). The number of rotatable bonds is 13. The zero-order valence-corrected chi connectivity index (χ0v) is 27.3. The third-order valence-electron chi connectivity index (χ3n) is 6.43. The predicted octanol–water partition coefficient (Wildman–Crippen LogP) is 5.43. The Kier molecular flexibility index (Phi) is 13.2. The van der Waals surface area contributed by atoms with Crippen LogP contribution >= 0.6 is 0 Å². The summed E-state index contributed by atoms with van der Waals surface area (Å²) in [5, 5.41) is 15.7. The first-order chi connectivity index (χ1) is 20.5. The Balaban J connectivity index is 2.52. The fraction of sp³-hybridized carbons (Fsp3) is 0.529. The number of esters is 1. The van der Waals surface area contributed by atoms with Crippen molar-refractivity contribution in [3.05, 3.63) is 65.7 Å². The monoisotopic (exact) mass is 611 g/mol. The lowest BCUT2D eigenvalue weighted by molar-refractivity contribution is -0.159. The van der Waals surface area contributed by atoms with Crippen LogP contribution in [0.3, 0.4) is 0 Å². The van der Waals surface area contributed by atoms with Gasteiger partial charge in [0.05, 0.1) is 0 Å². The van der Waals surface area contributed by atoms with Gasteiger partial charge in [-0.15, -0.1) is 0 Å². The molecule has 0 fully saturated rings. The standard InChI is InChI=1S/C34H49N3O7/c1-9-10-14-20-37(30(40)23(2)35-32(42)44-34(6,7)8)28(25-18-15-19-26(38)22-25)29(39)36-27(31(41)43-33(3,4)5)21-24-16-12-11-13-17-24/h11-13,15-19,22-23,27-28,38H,9-10,14,20-21H2,1-8H3,(H,35,42)(H,36,39). The largest absolute Gasteiger partial charge is 0.508 e. The third kappa shape index (κ3) is 12.3. The summed E-state index contributed by atoms with van der Waals surface area (Å²) < 4.78 is 11.0. The van der Waals surface area contributed by atoms with Crippen molar-refractivity contribution in [3.63, 3.8) is 0 Å². The van der Waals surface area contributed by atoms with Crippen molar-refractivity contribution in [2.24, 2.45) is 0 Å². The van der Waals surface area contributed by atoms with E-state index in [-0.39, 0.29) is 18.7 Å². The molecule has 10 heteroatoms. The molecular weight excluding hydrogens is 562 g/mol. The van der Waals surface area contributed by atoms with Crippen LogP contribution in [0.15, 0.2) is 54.6 Å². The molecular formula is C34H49N3O7. The molecule has 10 nitrogen and oxygen atoms in total. The van der Waals surface area contributed by atoms with Gasteiger partial charge in [0.15, 0.2) is 0 Å². The highest BCUT2D eigenvalue weighted by atomic mass is 16.6. The van der Waals surface area contributed by atoms with Crippen LogP contribution in [0.25, 0.3) is 0 Å². The van der Waals surface area contributed by atoms with E-state index >= 15 is 0 Å². The van der Waals surface area contributed by atoms with Crippen molar-refractivity contribution in [1.82, 2.24) is 15.5 Å². The fourth-order valence-corrected chi connectivity index (χ4v) is 4.53. The van der Waals surface area contributed by atoms with Crippen molar-refractivity contribution >= 4 is 23.9 Å². The number of hydrogen-bond acceptors (Lipinski definition) is 7. The van der Waals surface area contributed by atoms with E-state index in [4.69, 9.17) is 9.47 Å². The number of hydrogen-bond donors (Lipinski definition) is 3. The van der Waals surface area contributed by atoms with Crippen molar-refractivity contribution in [1.29, 1.82) is 0 Å². The minimum Gasteiger partial charge on any atom is -0.508 e. The number of carbonyl (C=O) groups is 4. The Morgan fingerprint density at radius 2 is 1.50 bits per heavy atom. The SMILES string of the molecule is CCCCCN(C(=O)C(C)NC(=O)OC(C)(C)C)C(C(=O)NC(Cc1ccccc1)C(=O)OC(C)(C)C)c1cccc(O)c1. The van der Waals surface area contributed by atoms with Crippen molar-refractivity contribution in [2.45, 2.75) is 110 Å². The summed E-state index contributed by atoms with van der Waals surface area (Å²) in [5.41, 5.74) is -0.414. The molecule has 3 amide bonds. The van der Waals surface area contributed by atoms with Gasteiger partial charge in [-0.25, -0.2) is 9.59 Å². The summed E-state index contributed by atoms with van der Waals surface area (Å²) in [6.07, 6.45) is 1.64. The number of unbranched alkanes of at least 4 members (excludes halogenated alkanes) is 2. The zero-order chi connectivity index (χ0) is 33.1. The first-order valence-electron chi connectivity index (χ1n) is 15.2. The smallest absolute Gasteiger partial charge is 0.408 e. The number of aromatic hydroxyl groups is 1. The van der Waals surface area contributed by atoms with E-state index in [2.05, 4.69) is 10.6 Å². The summed E-state index contributed by atoms with van der Waals surface area (Å²) in [4.78, 5) is 55.4. The van der Waals surface area contributed by atoms with Gasteiger partial charge in [-0.2, -0.15) is 0 Å². The summed E-state index contributed by atoms with van der Waals surface area (Å²) in [6.45, 7) is 14.1. The third-order valence-corrected chi connectivity index (χ3v) is 6.43. The maximum absolute atomic E-state index is 14.2. The fourth-order valence-electron chi connectivity index (χ4n) is 4.53. The molecule has 3 atom stereocenters. The average molecular weight is 612 g/mol. The molecule has 0 radical (unpaired) electrons. The highest BCUT2D eigenvalue weighted by molar-refractivity contribution is 5.94. The van der Waals surface area contributed by atoms with Gasteiger partial charge in [0, 0.05) is 13.0 Å². The topological polar surface area (TPSA) is 134 Å². The van der Waals surface area contributed by atoms with Crippen molar-refractivity contribution in [2.75, 3.05) is 6.54 Å². The quantitative estimate of drug-likeness (QED) is 0.203. The number of phenolic OH excluding ortho intramolecular Hbond substituents is 1. The van der Waals surface area contributed by atoms with E-state index in [9.17, 15) is 24.3 Å². The molecule has 3 unspecified atom stereocenters. The van der Waals surface area contributed by atoms with E-state index in [1.54, 1.807) is 53.7 Å². The molecule has 0 aliphatic carbocycles. The lowest BCUT2D eigenvalue weighted by Gasteiger charge is -2.34. The van der Waals surface area contributed by atoms with E-state index in [0.717, 1.165) is 18.4 Å². The molecule has 0 aromatic heterocycles. The van der Waals surface area contributed by atoms with Crippen LogP contribution in [0.4, 0.5) is 4.79 Å². The van der Waals surface area contributed by atoms with Gasteiger partial charge in [-0.1, -0.05) is 62.2 Å². The first kappa shape index (κ1) is 36.1. The minimum atomic E-state index is -1.23. The van der Waals surface area contributed by atoms with Crippen LogP contribution in [-0.4, -0.2) is 63.7 Å². The second-order valence-electron chi connectivity index (χ2n) is 12.9. The van der Waals surface area contributed by atoms with Crippen molar-refractivity contribution < 1.29 is 33.8 Å². The van der Waals surface area contributed by atoms with Gasteiger partial charge in [0.2, 0.25) is 11.8 Å². The van der Waals surface area contributed by atoms with Crippen LogP contribution < -0.4 is 10.6 Å². The number of nitrogens with zero attached hydrogens (tertiary/aromatic N) is 1. The second kappa shape index (κ2) is 16.1. The van der Waals surface area contributed by atoms with Crippen LogP contribution in [-0.2, 0) is 30.3 Å². The number of benzene rings is 2. The Morgan fingerprint density at radius 1 is 0.864 bits per heavy atom. The van der Waals surface area contributed by atoms with E-state index in [1.165, 1.54) is 24.0 Å². The van der Waals surface area contributed by atoms with E-state index < -0.39 is 53.2 Å². The number of carbonyl (C=O) groups excluding carboxylic acids is 4. The molecule has 2 aromatic rings. The van der Waals surface area contributed by atoms with Crippen LogP contribution in [0.2, 0.25) is 0 Å². The molecule has 0 saturated carbocycles. The summed E-state index contributed by atoms with van der Waals surface area (Å²) in [7, 11) is 0. The number of phenols is 1. The normalized spacial score (nSPS) is 13.6. The Hall–Kier alpha value is -4.08. The summed E-state index contributed by atoms with van der Waals surface area (Å²) in [6, 6.07) is 12.0. The molecule has 242 valence electrons. The average Bonchev–Trinajstić information content (AvgIpc) is 2.90. The Bertz CT molecular complexity index is 1250. The Labute approximate surface area is 261 Å². The second-order valence-corrected chi connectivity index (χ2v) is 12.9. The van der Waals surface area contributed by atoms with Crippen LogP contribution in [0, 0.1) is 0 Å². The van der Waals surface area contributed by atoms with Gasteiger partial charge in [-0.3, -0.25) is 9.59 Å². The molecule has 0 heterocycles. The molecule has 0 spiro atoms.